The third kappa shape index (κ3) is 1.72. The largest absolute Gasteiger partial charge is 0.394 e. The highest BCUT2D eigenvalue weighted by Crippen LogP contribution is 2.15. The van der Waals surface area contributed by atoms with Crippen LogP contribution in [0.3, 0.4) is 0 Å². The topological polar surface area (TPSA) is 85.2 Å². The van der Waals surface area contributed by atoms with Crippen molar-refractivity contribution in [2.75, 3.05) is 12.3 Å². The van der Waals surface area contributed by atoms with Gasteiger partial charge in [0, 0.05) is 6.20 Å². The summed E-state index contributed by atoms with van der Waals surface area (Å²) >= 11 is 0. The highest BCUT2D eigenvalue weighted by molar-refractivity contribution is 5.37. The van der Waals surface area contributed by atoms with Gasteiger partial charge in [-0.05, 0) is 24.1 Å². The molecule has 12 heavy (non-hydrogen) atoms. The van der Waals surface area contributed by atoms with Gasteiger partial charge in [-0.25, -0.2) is 4.98 Å². The molecule has 1 unspecified atom stereocenters. The second kappa shape index (κ2) is 3.51. The summed E-state index contributed by atoms with van der Waals surface area (Å²) in [6, 6.07) is 1.38. The molecule has 1 rings (SSSR count). The molecule has 0 saturated carbocycles. The number of aryl methyl sites for hydroxylation is 1. The van der Waals surface area contributed by atoms with Crippen LogP contribution in [0.25, 0.3) is 0 Å². The Morgan fingerprint density at radius 2 is 2.33 bits per heavy atom. The van der Waals surface area contributed by atoms with Gasteiger partial charge in [0.2, 0.25) is 0 Å². The van der Waals surface area contributed by atoms with Crippen LogP contribution < -0.4 is 11.5 Å². The number of hydrogen-bond donors (Lipinski definition) is 3. The minimum absolute atomic E-state index is 0.0769. The van der Waals surface area contributed by atoms with Crippen LogP contribution in [0.4, 0.5) is 5.82 Å². The van der Waals surface area contributed by atoms with Gasteiger partial charge in [0.05, 0.1) is 12.6 Å². The molecule has 0 bridgehead atoms. The van der Waals surface area contributed by atoms with Crippen LogP contribution in [0.15, 0.2) is 12.3 Å². The van der Waals surface area contributed by atoms with Gasteiger partial charge in [-0.15, -0.1) is 0 Å². The summed E-state index contributed by atoms with van der Waals surface area (Å²) in [5.41, 5.74) is 12.9. The summed E-state index contributed by atoms with van der Waals surface area (Å²) in [5.74, 6) is 0.474. The SMILES string of the molecule is Cc1cc(N)ncc1C(N)CO. The number of rotatable bonds is 2. The minimum atomic E-state index is -0.363. The number of aliphatic hydroxyl groups excluding tert-OH is 1. The van der Waals surface area contributed by atoms with Crippen molar-refractivity contribution in [3.8, 4) is 0 Å². The molecule has 0 aromatic carbocycles. The lowest BCUT2D eigenvalue weighted by molar-refractivity contribution is 0.267. The molecule has 0 spiro atoms. The lowest BCUT2D eigenvalue weighted by Crippen LogP contribution is -2.16. The summed E-state index contributed by atoms with van der Waals surface area (Å²) in [6.07, 6.45) is 1.60. The van der Waals surface area contributed by atoms with Gasteiger partial charge in [-0.1, -0.05) is 0 Å². The minimum Gasteiger partial charge on any atom is -0.394 e. The highest BCUT2D eigenvalue weighted by atomic mass is 16.3. The fourth-order valence-electron chi connectivity index (χ4n) is 1.07. The lowest BCUT2D eigenvalue weighted by Gasteiger charge is -2.11. The van der Waals surface area contributed by atoms with Gasteiger partial charge in [-0.2, -0.15) is 0 Å². The van der Waals surface area contributed by atoms with E-state index in [2.05, 4.69) is 4.98 Å². The van der Waals surface area contributed by atoms with E-state index in [0.717, 1.165) is 11.1 Å². The van der Waals surface area contributed by atoms with Crippen molar-refractivity contribution in [3.05, 3.63) is 23.4 Å². The van der Waals surface area contributed by atoms with E-state index in [9.17, 15) is 0 Å². The Hall–Kier alpha value is -1.13. The smallest absolute Gasteiger partial charge is 0.123 e. The summed E-state index contributed by atoms with van der Waals surface area (Å²) in [5, 5.41) is 8.80. The summed E-state index contributed by atoms with van der Waals surface area (Å²) < 4.78 is 0. The number of aromatic nitrogens is 1. The van der Waals surface area contributed by atoms with Crippen molar-refractivity contribution in [2.24, 2.45) is 5.73 Å². The molecule has 4 nitrogen and oxygen atoms in total. The average molecular weight is 167 g/mol. The fraction of sp³-hybridized carbons (Fsp3) is 0.375. The molecule has 0 aliphatic carbocycles. The Labute approximate surface area is 71.2 Å². The molecule has 0 aliphatic rings. The van der Waals surface area contributed by atoms with Gasteiger partial charge >= 0.3 is 0 Å². The van der Waals surface area contributed by atoms with Crippen molar-refractivity contribution >= 4 is 5.82 Å². The van der Waals surface area contributed by atoms with Crippen LogP contribution in [0.2, 0.25) is 0 Å². The molecule has 0 amide bonds. The molecule has 1 heterocycles. The average Bonchev–Trinajstić information content (AvgIpc) is 2.03. The van der Waals surface area contributed by atoms with Gasteiger partial charge in [0.15, 0.2) is 0 Å². The van der Waals surface area contributed by atoms with Crippen molar-refractivity contribution in [1.82, 2.24) is 4.98 Å². The van der Waals surface area contributed by atoms with Gasteiger partial charge in [-0.3, -0.25) is 0 Å². The number of hydrogen-bond acceptors (Lipinski definition) is 4. The molecule has 1 aromatic rings. The first-order valence-electron chi connectivity index (χ1n) is 3.73. The molecule has 0 fully saturated rings. The summed E-state index contributed by atoms with van der Waals surface area (Å²) in [4.78, 5) is 3.90. The Morgan fingerprint density at radius 3 is 2.83 bits per heavy atom. The van der Waals surface area contributed by atoms with Crippen LogP contribution in [0.5, 0.6) is 0 Å². The third-order valence-electron chi connectivity index (χ3n) is 1.77. The maximum Gasteiger partial charge on any atom is 0.123 e. The zero-order valence-electron chi connectivity index (χ0n) is 6.99. The van der Waals surface area contributed by atoms with E-state index in [-0.39, 0.29) is 12.6 Å². The lowest BCUT2D eigenvalue weighted by atomic mass is 10.1. The van der Waals surface area contributed by atoms with Crippen LogP contribution in [0.1, 0.15) is 17.2 Å². The van der Waals surface area contributed by atoms with E-state index < -0.39 is 0 Å². The monoisotopic (exact) mass is 167 g/mol. The second-order valence-corrected chi connectivity index (χ2v) is 2.75. The molecule has 4 heteroatoms. The third-order valence-corrected chi connectivity index (χ3v) is 1.77. The molecule has 66 valence electrons. The van der Waals surface area contributed by atoms with Crippen molar-refractivity contribution in [1.29, 1.82) is 0 Å². The van der Waals surface area contributed by atoms with E-state index in [0.29, 0.717) is 5.82 Å². The molecule has 1 atom stereocenters. The zero-order valence-corrected chi connectivity index (χ0v) is 6.99. The molecule has 5 N–H and O–H groups in total. The maximum atomic E-state index is 8.80. The van der Waals surface area contributed by atoms with Gasteiger partial charge < -0.3 is 16.6 Å². The molecule has 1 aromatic heterocycles. The number of nitrogen functional groups attached to an aromatic ring is 1. The van der Waals surface area contributed by atoms with Gasteiger partial charge in [0.1, 0.15) is 5.82 Å². The van der Waals surface area contributed by atoms with Crippen LogP contribution in [-0.4, -0.2) is 16.7 Å². The quantitative estimate of drug-likeness (QED) is 0.577. The Kier molecular flexibility index (Phi) is 2.62. The first kappa shape index (κ1) is 8.96. The predicted octanol–water partition coefficient (Wildman–Crippen LogP) is -0.0357. The standard InChI is InChI=1S/C8H13N3O/c1-5-2-8(10)11-3-6(5)7(9)4-12/h2-3,7,12H,4,9H2,1H3,(H2,10,11). The van der Waals surface area contributed by atoms with Crippen LogP contribution >= 0.6 is 0 Å². The molecule has 0 aliphatic heterocycles. The van der Waals surface area contributed by atoms with Crippen molar-refractivity contribution in [3.63, 3.8) is 0 Å². The summed E-state index contributed by atoms with van der Waals surface area (Å²) in [6.45, 7) is 1.81. The summed E-state index contributed by atoms with van der Waals surface area (Å²) in [7, 11) is 0. The van der Waals surface area contributed by atoms with Crippen molar-refractivity contribution in [2.45, 2.75) is 13.0 Å². The van der Waals surface area contributed by atoms with E-state index >= 15 is 0 Å². The van der Waals surface area contributed by atoms with E-state index in [1.165, 1.54) is 0 Å². The highest BCUT2D eigenvalue weighted by Gasteiger charge is 2.07. The first-order valence-corrected chi connectivity index (χ1v) is 3.73. The number of nitrogens with zero attached hydrogens (tertiary/aromatic N) is 1. The first-order chi connectivity index (χ1) is 5.65. The molecular weight excluding hydrogens is 154 g/mol. The number of aliphatic hydroxyl groups is 1. The van der Waals surface area contributed by atoms with Crippen molar-refractivity contribution < 1.29 is 5.11 Å². The van der Waals surface area contributed by atoms with Crippen LogP contribution in [-0.2, 0) is 0 Å². The Morgan fingerprint density at radius 1 is 1.67 bits per heavy atom. The normalized spacial score (nSPS) is 12.9. The molecular formula is C8H13N3O. The maximum absolute atomic E-state index is 8.80. The van der Waals surface area contributed by atoms with E-state index in [1.54, 1.807) is 12.3 Å². The predicted molar refractivity (Wildman–Crippen MR) is 47.4 cm³/mol. The Balaban J connectivity index is 3.01. The van der Waals surface area contributed by atoms with Gasteiger partial charge in [0.25, 0.3) is 0 Å². The fourth-order valence-corrected chi connectivity index (χ4v) is 1.07. The number of nitrogens with two attached hydrogens (primary N) is 2. The molecule has 0 radical (unpaired) electrons. The Bertz CT molecular complexity index is 275. The van der Waals surface area contributed by atoms with E-state index in [1.807, 2.05) is 6.92 Å². The zero-order chi connectivity index (χ0) is 9.14. The van der Waals surface area contributed by atoms with Crippen LogP contribution in [0, 0.1) is 6.92 Å². The molecule has 0 saturated heterocycles. The number of pyridine rings is 1. The number of anilines is 1. The van der Waals surface area contributed by atoms with E-state index in [4.69, 9.17) is 16.6 Å². The second-order valence-electron chi connectivity index (χ2n) is 2.75.